The maximum absolute atomic E-state index is 11.3. The first-order chi connectivity index (χ1) is 43.9. The lowest BCUT2D eigenvalue weighted by molar-refractivity contribution is -0.131. The van der Waals surface area contributed by atoms with Gasteiger partial charge in [-0.3, -0.25) is 19.2 Å². The van der Waals surface area contributed by atoms with Gasteiger partial charge in [0, 0.05) is 106 Å². The highest BCUT2D eigenvalue weighted by Crippen LogP contribution is 2.40. The van der Waals surface area contributed by atoms with Gasteiger partial charge in [-0.05, 0) is 200 Å². The molecule has 8 aliphatic heterocycles. The van der Waals surface area contributed by atoms with Crippen molar-refractivity contribution in [3.8, 4) is 0 Å². The molecule has 8 fully saturated rings. The van der Waals surface area contributed by atoms with Crippen molar-refractivity contribution in [3.63, 3.8) is 0 Å². The Morgan fingerprint density at radius 2 is 0.546 bits per heavy atom. The first-order valence-electron chi connectivity index (χ1n) is 38.3. The number of hydrogen-bond donors (Lipinski definition) is 1. The van der Waals surface area contributed by atoms with Crippen LogP contribution in [0.15, 0.2) is 0 Å². The van der Waals surface area contributed by atoms with E-state index in [0.29, 0.717) is 80.3 Å². The van der Waals surface area contributed by atoms with E-state index in [1.165, 1.54) is 90.0 Å². The smallest absolute Gasteiger partial charge is 0.219 e. The Labute approximate surface area is 600 Å². The Balaban J connectivity index is 0.000000555. The molecule has 1 atom stereocenters. The van der Waals surface area contributed by atoms with Crippen LogP contribution in [0.2, 0.25) is 0 Å². The molecule has 0 bridgehead atoms. The van der Waals surface area contributed by atoms with E-state index in [0.717, 1.165) is 121 Å². The Hall–Kier alpha value is -2.34. The second kappa shape index (κ2) is 40.1. The molecular formula is C80H158N6O9S2. The van der Waals surface area contributed by atoms with Crippen molar-refractivity contribution in [2.45, 2.75) is 290 Å². The molecule has 1 unspecified atom stereocenters. The van der Waals surface area contributed by atoms with Crippen LogP contribution in [0.5, 0.6) is 0 Å². The molecule has 17 heteroatoms. The minimum absolute atomic E-state index is 0.224. The predicted octanol–water partition coefficient (Wildman–Crippen LogP) is 16.8. The number of hydrogen-bond acceptors (Lipinski definition) is 10. The van der Waals surface area contributed by atoms with Gasteiger partial charge in [0.1, 0.15) is 9.84 Å². The highest BCUT2D eigenvalue weighted by molar-refractivity contribution is 7.91. The molecule has 8 rings (SSSR count). The van der Waals surface area contributed by atoms with Crippen molar-refractivity contribution in [1.82, 2.24) is 29.2 Å². The van der Waals surface area contributed by atoms with Gasteiger partial charge in [0.25, 0.3) is 0 Å². The predicted molar refractivity (Wildman–Crippen MR) is 411 cm³/mol. The third kappa shape index (κ3) is 37.6. The summed E-state index contributed by atoms with van der Waals surface area (Å²) in [6.07, 6.45) is 18.4. The molecule has 15 nitrogen and oxygen atoms in total. The summed E-state index contributed by atoms with van der Waals surface area (Å²) in [6, 6.07) is 0. The fourth-order valence-electron chi connectivity index (χ4n) is 15.0. The second-order valence-electron chi connectivity index (χ2n) is 39.0. The number of carbonyl (C=O) groups excluding carboxylic acids is 4. The highest BCUT2D eigenvalue weighted by atomic mass is 32.2. The van der Waals surface area contributed by atoms with Crippen molar-refractivity contribution >= 4 is 43.5 Å². The van der Waals surface area contributed by atoms with Crippen LogP contribution in [0, 0.1) is 90.7 Å². The van der Waals surface area contributed by atoms with Gasteiger partial charge < -0.3 is 29.7 Å². The normalized spacial score (nSPS) is 22.5. The van der Waals surface area contributed by atoms with Crippen molar-refractivity contribution in [1.29, 1.82) is 0 Å². The number of rotatable bonds is 1. The van der Waals surface area contributed by atoms with Gasteiger partial charge in [-0.1, -0.05) is 166 Å². The van der Waals surface area contributed by atoms with Crippen LogP contribution >= 0.6 is 0 Å². The molecule has 97 heavy (non-hydrogen) atoms. The molecule has 0 spiro atoms. The van der Waals surface area contributed by atoms with Crippen LogP contribution in [0.3, 0.4) is 0 Å². The topological polar surface area (TPSA) is 174 Å². The van der Waals surface area contributed by atoms with E-state index in [9.17, 15) is 36.0 Å². The zero-order valence-electron chi connectivity index (χ0n) is 68.8. The Morgan fingerprint density at radius 1 is 0.330 bits per heavy atom. The summed E-state index contributed by atoms with van der Waals surface area (Å²) in [7, 11) is -5.64. The van der Waals surface area contributed by atoms with Crippen LogP contribution in [-0.4, -0.2) is 174 Å². The number of nitrogens with zero attached hydrogens (tertiary/aromatic N) is 5. The minimum Gasteiger partial charge on any atom is -0.381 e. The monoisotopic (exact) mass is 1410 g/mol. The summed E-state index contributed by atoms with van der Waals surface area (Å²) in [5, 5.41) is 3.39. The van der Waals surface area contributed by atoms with E-state index in [2.05, 4.69) is 171 Å². The lowest BCUT2D eigenvalue weighted by atomic mass is 9.75. The van der Waals surface area contributed by atoms with Gasteiger partial charge in [-0.25, -0.2) is 21.1 Å². The van der Waals surface area contributed by atoms with Crippen molar-refractivity contribution in [3.05, 3.63) is 0 Å². The number of carbonyl (C=O) groups is 4. The van der Waals surface area contributed by atoms with Crippen LogP contribution in [0.25, 0.3) is 0 Å². The van der Waals surface area contributed by atoms with Gasteiger partial charge in [0.2, 0.25) is 33.7 Å². The molecule has 0 aromatic heterocycles. The van der Waals surface area contributed by atoms with Crippen molar-refractivity contribution < 1.29 is 40.8 Å². The van der Waals surface area contributed by atoms with Crippen LogP contribution < -0.4 is 5.32 Å². The molecule has 4 amide bonds. The third-order valence-electron chi connectivity index (χ3n) is 23.3. The number of amides is 4. The molecule has 0 aromatic carbocycles. The number of ether oxygens (including phenoxy) is 1. The Morgan fingerprint density at radius 3 is 0.753 bits per heavy atom. The minimum atomic E-state index is -2.96. The number of likely N-dealkylation sites (tertiary alicyclic amines) is 4. The molecule has 1 N–H and O–H groups in total. The molecular weight excluding hydrogens is 1250 g/mol. The van der Waals surface area contributed by atoms with Gasteiger partial charge in [0.15, 0.2) is 0 Å². The number of sulfone groups is 1. The maximum atomic E-state index is 11.3. The first-order valence-corrected chi connectivity index (χ1v) is 42.0. The van der Waals surface area contributed by atoms with Crippen molar-refractivity contribution in [2.24, 2.45) is 90.7 Å². The number of nitrogens with one attached hydrogen (secondary N) is 1. The Kier molecular flexibility index (Phi) is 38.3. The third-order valence-corrected chi connectivity index (χ3v) is 26.3. The van der Waals surface area contributed by atoms with E-state index < -0.39 is 19.9 Å². The SMILES string of the molecule is CC(=O)N1CCC(C(C)(C)C)C1.CC(=O)N1CCC(C(C)(C)C)CC1.CC(=O)N1CCC(C(C)(C)C)CC1.CC(=O)N1CCC(C(C)(C)C)CC1.CC(C)(C)C1CCN(S(C)(=O)=O)CC1.CC(C)(C)C1CCNCC1.CC(C)(C)C1CCOCC1.CC(C)(C)C1CCS(=O)(=O)CC1. The highest BCUT2D eigenvalue weighted by Gasteiger charge is 2.37. The second-order valence-corrected chi connectivity index (χ2v) is 43.3. The standard InChI is InChI=1S/3C11H21NO.C10H21NO2S.C10H19NO.C9H19N.C9H18O2S.C9H18O/c3*1-9(13)12-7-5-10(6-8-12)11(2,3)4;1-10(2,3)9-5-7-11(8-6-9)14(4,12)13;1-8(12)11-6-5-9(7-11)10(2,3)4;1-9(2,3)8-4-6-10-7-5-8;1-9(2,3)8-4-6-12(10,11)7-5-8;1-9(2,3)8-4-6-10-7-5-8/h3*10H,5-8H2,1-4H3;9H,5-8H2,1-4H3;9H,5-7H2,1-4H3;8,10H,4-7H2,1-3H3;8H,4-7H2,1-3H3;8H,4-7H2,1-3H3. The molecule has 8 saturated heterocycles. The van der Waals surface area contributed by atoms with Gasteiger partial charge in [-0.15, -0.1) is 0 Å². The summed E-state index contributed by atoms with van der Waals surface area (Å²) >= 11 is 0. The molecule has 8 aliphatic rings. The zero-order valence-corrected chi connectivity index (χ0v) is 70.4. The lowest BCUT2D eigenvalue weighted by Crippen LogP contribution is -2.40. The van der Waals surface area contributed by atoms with E-state index in [1.807, 2.05) is 19.6 Å². The number of sulfonamides is 1. The van der Waals surface area contributed by atoms with Gasteiger partial charge in [0.05, 0.1) is 17.8 Å². The molecule has 574 valence electrons. The number of piperidine rings is 5. The van der Waals surface area contributed by atoms with E-state index >= 15 is 0 Å². The van der Waals surface area contributed by atoms with Crippen LogP contribution in [0.4, 0.5) is 0 Å². The molecule has 0 saturated carbocycles. The van der Waals surface area contributed by atoms with Crippen molar-refractivity contribution in [2.75, 3.05) is 110 Å². The van der Waals surface area contributed by atoms with Gasteiger partial charge >= 0.3 is 0 Å². The molecule has 0 radical (unpaired) electrons. The fourth-order valence-corrected chi connectivity index (χ4v) is 17.4. The largest absolute Gasteiger partial charge is 0.381 e. The fraction of sp³-hybridized carbons (Fsp3) is 0.950. The summed E-state index contributed by atoms with van der Waals surface area (Å²) in [5.74, 6) is 7.78. The summed E-state index contributed by atoms with van der Waals surface area (Å²) in [4.78, 5) is 52.1. The summed E-state index contributed by atoms with van der Waals surface area (Å²) in [5.41, 5.74) is 3.17. The maximum Gasteiger partial charge on any atom is 0.219 e. The first kappa shape index (κ1) is 92.7. The zero-order chi connectivity index (χ0) is 75.1. The van der Waals surface area contributed by atoms with Gasteiger partial charge in [-0.2, -0.15) is 0 Å². The summed E-state index contributed by atoms with van der Waals surface area (Å²) in [6.45, 7) is 74.8. The Bertz CT molecular complexity index is 2340. The van der Waals surface area contributed by atoms with Crippen LogP contribution in [-0.2, 0) is 43.8 Å². The quantitative estimate of drug-likeness (QED) is 0.266. The summed E-state index contributed by atoms with van der Waals surface area (Å²) < 4.78 is 51.7. The lowest BCUT2D eigenvalue weighted by Gasteiger charge is -2.38. The van der Waals surface area contributed by atoms with E-state index in [1.54, 1.807) is 32.0 Å². The average Bonchev–Trinajstić information content (AvgIpc) is 1.57. The van der Waals surface area contributed by atoms with E-state index in [-0.39, 0.29) is 29.0 Å². The molecule has 0 aromatic rings. The van der Waals surface area contributed by atoms with Crippen LogP contribution in [0.1, 0.15) is 290 Å². The molecule has 0 aliphatic carbocycles. The average molecular weight is 1410 g/mol. The molecule has 8 heterocycles. The van der Waals surface area contributed by atoms with E-state index in [4.69, 9.17) is 4.74 Å².